The van der Waals surface area contributed by atoms with Crippen LogP contribution in [0.4, 0.5) is 5.69 Å². The third-order valence-electron chi connectivity index (χ3n) is 6.77. The van der Waals surface area contributed by atoms with E-state index in [1.807, 2.05) is 100 Å². The number of benzene rings is 3. The Balaban J connectivity index is 2.06. The number of nitrogens with one attached hydrogen (secondary N) is 1. The molecule has 0 fully saturated rings. The summed E-state index contributed by atoms with van der Waals surface area (Å²) >= 11 is 0. The first-order valence-corrected chi connectivity index (χ1v) is 15.1. The van der Waals surface area contributed by atoms with Crippen molar-refractivity contribution in [3.63, 3.8) is 0 Å². The molecule has 0 aliphatic rings. The van der Waals surface area contributed by atoms with E-state index in [0.717, 1.165) is 39.2 Å². The largest absolute Gasteiger partial charge is 0.352 e. The SMILES string of the molecule is CC[C@H](C)NC(=O)[C@@H](Cc1ccccc1)N(Cc1ccccc1)C(=O)CN(c1ccc(C)cc1C)S(C)(=O)=O. The van der Waals surface area contributed by atoms with Crippen molar-refractivity contribution in [2.45, 2.75) is 59.2 Å². The summed E-state index contributed by atoms with van der Waals surface area (Å²) < 4.78 is 27.0. The molecule has 0 aliphatic carbocycles. The number of hydrogen-bond acceptors (Lipinski definition) is 4. The van der Waals surface area contributed by atoms with Gasteiger partial charge in [0.15, 0.2) is 0 Å². The summed E-state index contributed by atoms with van der Waals surface area (Å²) in [7, 11) is -3.80. The number of aryl methyl sites for hydroxylation is 2. The van der Waals surface area contributed by atoms with E-state index in [2.05, 4.69) is 5.32 Å². The minimum absolute atomic E-state index is 0.0767. The van der Waals surface area contributed by atoms with Crippen molar-refractivity contribution in [2.75, 3.05) is 17.1 Å². The lowest BCUT2D eigenvalue weighted by Crippen LogP contribution is -2.54. The molecule has 0 aromatic heterocycles. The minimum atomic E-state index is -3.80. The van der Waals surface area contributed by atoms with E-state index in [9.17, 15) is 18.0 Å². The second kappa shape index (κ2) is 13.4. The zero-order valence-electron chi connectivity index (χ0n) is 23.4. The van der Waals surface area contributed by atoms with Gasteiger partial charge in [-0.1, -0.05) is 85.3 Å². The summed E-state index contributed by atoms with van der Waals surface area (Å²) in [5.74, 6) is -0.723. The molecule has 2 amide bonds. The molecule has 0 radical (unpaired) electrons. The maximum absolute atomic E-state index is 14.1. The van der Waals surface area contributed by atoms with Gasteiger partial charge in [0.25, 0.3) is 0 Å². The van der Waals surface area contributed by atoms with Crippen LogP contribution in [0.1, 0.15) is 42.5 Å². The molecule has 3 aromatic carbocycles. The van der Waals surface area contributed by atoms with E-state index < -0.39 is 28.5 Å². The van der Waals surface area contributed by atoms with Crippen molar-refractivity contribution in [2.24, 2.45) is 0 Å². The van der Waals surface area contributed by atoms with Crippen LogP contribution in [0.15, 0.2) is 78.9 Å². The normalized spacial score (nSPS) is 12.8. The summed E-state index contributed by atoms with van der Waals surface area (Å²) in [4.78, 5) is 29.3. The third-order valence-corrected chi connectivity index (χ3v) is 7.89. The summed E-state index contributed by atoms with van der Waals surface area (Å²) in [6.45, 7) is 7.40. The van der Waals surface area contributed by atoms with Crippen LogP contribution in [-0.2, 0) is 32.6 Å². The smallest absolute Gasteiger partial charge is 0.244 e. The van der Waals surface area contributed by atoms with Crippen molar-refractivity contribution in [1.29, 1.82) is 0 Å². The Bertz CT molecular complexity index is 1360. The highest BCUT2D eigenvalue weighted by atomic mass is 32.2. The molecule has 3 rings (SSSR count). The Morgan fingerprint density at radius 1 is 0.897 bits per heavy atom. The van der Waals surface area contributed by atoms with Gasteiger partial charge in [0.05, 0.1) is 11.9 Å². The first-order chi connectivity index (χ1) is 18.5. The fourth-order valence-corrected chi connectivity index (χ4v) is 5.36. The van der Waals surface area contributed by atoms with Gasteiger partial charge in [-0.25, -0.2) is 8.42 Å². The average molecular weight is 550 g/mol. The lowest BCUT2D eigenvalue weighted by Gasteiger charge is -2.34. The van der Waals surface area contributed by atoms with Gasteiger partial charge in [-0.2, -0.15) is 0 Å². The van der Waals surface area contributed by atoms with Crippen molar-refractivity contribution >= 4 is 27.5 Å². The summed E-state index contributed by atoms with van der Waals surface area (Å²) in [5.41, 5.74) is 3.93. The maximum Gasteiger partial charge on any atom is 0.244 e. The van der Waals surface area contributed by atoms with Crippen LogP contribution in [0.25, 0.3) is 0 Å². The molecule has 0 heterocycles. The van der Waals surface area contributed by atoms with Crippen LogP contribution in [0.3, 0.4) is 0 Å². The summed E-state index contributed by atoms with van der Waals surface area (Å²) in [6, 6.07) is 23.5. The van der Waals surface area contributed by atoms with Gasteiger partial charge in [-0.05, 0) is 49.9 Å². The zero-order valence-corrected chi connectivity index (χ0v) is 24.2. The molecule has 0 unspecified atom stereocenters. The first-order valence-electron chi connectivity index (χ1n) is 13.2. The highest BCUT2D eigenvalue weighted by Crippen LogP contribution is 2.24. The first kappa shape index (κ1) is 29.9. The molecule has 2 atom stereocenters. The van der Waals surface area contributed by atoms with E-state index in [4.69, 9.17) is 0 Å². The van der Waals surface area contributed by atoms with Crippen LogP contribution in [-0.4, -0.2) is 50.0 Å². The molecular weight excluding hydrogens is 510 g/mol. The second-order valence-electron chi connectivity index (χ2n) is 10.1. The molecule has 0 bridgehead atoms. The number of amides is 2. The van der Waals surface area contributed by atoms with Crippen molar-refractivity contribution in [3.8, 4) is 0 Å². The maximum atomic E-state index is 14.1. The topological polar surface area (TPSA) is 86.8 Å². The van der Waals surface area contributed by atoms with Gasteiger partial charge in [0, 0.05) is 19.0 Å². The standard InChI is InChI=1S/C31H39N3O4S/c1-6-25(4)32-31(36)29(20-26-13-9-7-10-14-26)33(21-27-15-11-8-12-16-27)30(35)22-34(39(5,37)38)28-18-17-23(2)19-24(28)3/h7-19,25,29H,6,20-22H2,1-5H3,(H,32,36)/t25-,29+/m0/s1. The molecule has 0 saturated heterocycles. The number of hydrogen-bond donors (Lipinski definition) is 1. The van der Waals surface area contributed by atoms with Gasteiger partial charge >= 0.3 is 0 Å². The quantitative estimate of drug-likeness (QED) is 0.357. The molecular formula is C31H39N3O4S. The van der Waals surface area contributed by atoms with Crippen LogP contribution in [0, 0.1) is 13.8 Å². The Morgan fingerprint density at radius 2 is 1.49 bits per heavy atom. The monoisotopic (exact) mass is 549 g/mol. The lowest BCUT2D eigenvalue weighted by molar-refractivity contribution is -0.140. The Labute approximate surface area is 232 Å². The van der Waals surface area contributed by atoms with Crippen molar-refractivity contribution in [1.82, 2.24) is 10.2 Å². The number of carbonyl (C=O) groups is 2. The molecule has 0 saturated carbocycles. The molecule has 7 nitrogen and oxygen atoms in total. The molecule has 3 aromatic rings. The molecule has 1 N–H and O–H groups in total. The molecule has 0 aliphatic heterocycles. The molecule has 39 heavy (non-hydrogen) atoms. The fourth-order valence-electron chi connectivity index (χ4n) is 4.46. The van der Waals surface area contributed by atoms with Gasteiger partial charge in [0.1, 0.15) is 12.6 Å². The highest BCUT2D eigenvalue weighted by Gasteiger charge is 2.33. The van der Waals surface area contributed by atoms with Crippen LogP contribution < -0.4 is 9.62 Å². The van der Waals surface area contributed by atoms with Gasteiger partial charge in [-0.3, -0.25) is 13.9 Å². The summed E-state index contributed by atoms with van der Waals surface area (Å²) in [6.07, 6.45) is 2.13. The van der Waals surface area contributed by atoms with Crippen LogP contribution in [0.5, 0.6) is 0 Å². The number of rotatable bonds is 12. The van der Waals surface area contributed by atoms with Crippen molar-refractivity contribution < 1.29 is 18.0 Å². The van der Waals surface area contributed by atoms with Gasteiger partial charge in [-0.15, -0.1) is 0 Å². The minimum Gasteiger partial charge on any atom is -0.352 e. The Morgan fingerprint density at radius 3 is 2.03 bits per heavy atom. The zero-order chi connectivity index (χ0) is 28.6. The van der Waals surface area contributed by atoms with Crippen LogP contribution >= 0.6 is 0 Å². The highest BCUT2D eigenvalue weighted by molar-refractivity contribution is 7.92. The average Bonchev–Trinajstić information content (AvgIpc) is 2.90. The van der Waals surface area contributed by atoms with E-state index in [1.54, 1.807) is 6.07 Å². The number of nitrogens with zero attached hydrogens (tertiary/aromatic N) is 2. The van der Waals surface area contributed by atoms with Gasteiger partial charge < -0.3 is 10.2 Å². The number of sulfonamides is 1. The van der Waals surface area contributed by atoms with E-state index >= 15 is 0 Å². The number of anilines is 1. The third kappa shape index (κ3) is 8.42. The summed E-state index contributed by atoms with van der Waals surface area (Å²) in [5, 5.41) is 3.04. The molecule has 8 heteroatoms. The second-order valence-corrected chi connectivity index (χ2v) is 12.0. The van der Waals surface area contributed by atoms with Crippen LogP contribution in [0.2, 0.25) is 0 Å². The van der Waals surface area contributed by atoms with E-state index in [0.29, 0.717) is 12.1 Å². The predicted molar refractivity (Wildman–Crippen MR) is 157 cm³/mol. The molecule has 0 spiro atoms. The van der Waals surface area contributed by atoms with E-state index in [1.165, 1.54) is 4.90 Å². The van der Waals surface area contributed by atoms with Crippen molar-refractivity contribution in [3.05, 3.63) is 101 Å². The lowest BCUT2D eigenvalue weighted by atomic mass is 10.0. The Kier molecular flexibility index (Phi) is 10.3. The predicted octanol–water partition coefficient (Wildman–Crippen LogP) is 4.62. The Hall–Kier alpha value is -3.65. The fraction of sp³-hybridized carbons (Fsp3) is 0.355. The number of carbonyl (C=O) groups excluding carboxylic acids is 2. The van der Waals surface area contributed by atoms with Gasteiger partial charge in [0.2, 0.25) is 21.8 Å². The molecule has 208 valence electrons. The van der Waals surface area contributed by atoms with E-state index in [-0.39, 0.29) is 18.5 Å².